The van der Waals surface area contributed by atoms with Crippen LogP contribution in [-0.4, -0.2) is 19.9 Å². The molecule has 0 saturated heterocycles. The van der Waals surface area contributed by atoms with Crippen molar-refractivity contribution in [3.8, 4) is 11.7 Å². The summed E-state index contributed by atoms with van der Waals surface area (Å²) in [6.45, 7) is 1.99. The summed E-state index contributed by atoms with van der Waals surface area (Å²) in [5, 5.41) is 13.8. The minimum Gasteiger partial charge on any atom is -0.493 e. The van der Waals surface area contributed by atoms with E-state index in [1.165, 1.54) is 4.68 Å². The van der Waals surface area contributed by atoms with Gasteiger partial charge < -0.3 is 5.11 Å². The van der Waals surface area contributed by atoms with Gasteiger partial charge in [0.05, 0.1) is 5.69 Å². The first-order valence-electron chi connectivity index (χ1n) is 4.50. The van der Waals surface area contributed by atoms with Crippen molar-refractivity contribution < 1.29 is 5.11 Å². The maximum absolute atomic E-state index is 9.58. The largest absolute Gasteiger partial charge is 0.493 e. The van der Waals surface area contributed by atoms with Crippen LogP contribution in [0.4, 0.5) is 0 Å². The van der Waals surface area contributed by atoms with Gasteiger partial charge in [-0.15, -0.1) is 0 Å². The van der Waals surface area contributed by atoms with E-state index in [-0.39, 0.29) is 5.88 Å². The molecule has 72 valence electrons. The van der Waals surface area contributed by atoms with Gasteiger partial charge in [-0.2, -0.15) is 9.78 Å². The Kier molecular flexibility index (Phi) is 2.18. The summed E-state index contributed by atoms with van der Waals surface area (Å²) in [7, 11) is 0. The molecule has 0 unspecified atom stereocenters. The van der Waals surface area contributed by atoms with Gasteiger partial charge in [-0.05, 0) is 18.6 Å². The molecule has 0 radical (unpaired) electrons. The number of hydrogen-bond donors (Lipinski definition) is 1. The third-order valence-electron chi connectivity index (χ3n) is 1.97. The number of nitrogens with zero attached hydrogens (tertiary/aromatic N) is 3. The predicted molar refractivity (Wildman–Crippen MR) is 52.4 cm³/mol. The molecule has 0 amide bonds. The number of hydrogen-bond acceptors (Lipinski definition) is 3. The van der Waals surface area contributed by atoms with Gasteiger partial charge in [-0.1, -0.05) is 13.0 Å². The fourth-order valence-electron chi connectivity index (χ4n) is 1.24. The molecule has 14 heavy (non-hydrogen) atoms. The lowest BCUT2D eigenvalue weighted by Gasteiger charge is -1.99. The van der Waals surface area contributed by atoms with Crippen LogP contribution in [-0.2, 0) is 6.42 Å². The summed E-state index contributed by atoms with van der Waals surface area (Å²) < 4.78 is 1.43. The van der Waals surface area contributed by atoms with Crippen molar-refractivity contribution in [1.29, 1.82) is 0 Å². The highest BCUT2D eigenvalue weighted by molar-refractivity contribution is 5.28. The molecule has 0 saturated carbocycles. The maximum atomic E-state index is 9.58. The van der Waals surface area contributed by atoms with Crippen molar-refractivity contribution in [2.24, 2.45) is 0 Å². The zero-order valence-electron chi connectivity index (χ0n) is 7.88. The first kappa shape index (κ1) is 8.74. The number of pyridine rings is 1. The van der Waals surface area contributed by atoms with Gasteiger partial charge in [-0.25, -0.2) is 4.98 Å². The summed E-state index contributed by atoms with van der Waals surface area (Å²) in [6.07, 6.45) is 2.47. The van der Waals surface area contributed by atoms with Crippen LogP contribution in [0.5, 0.6) is 5.88 Å². The van der Waals surface area contributed by atoms with E-state index < -0.39 is 0 Å². The second-order valence-electron chi connectivity index (χ2n) is 2.95. The highest BCUT2D eigenvalue weighted by Crippen LogP contribution is 2.15. The monoisotopic (exact) mass is 189 g/mol. The minimum atomic E-state index is 0.126. The molecule has 0 fully saturated rings. The van der Waals surface area contributed by atoms with E-state index in [4.69, 9.17) is 0 Å². The topological polar surface area (TPSA) is 50.9 Å². The maximum Gasteiger partial charge on any atom is 0.215 e. The Labute approximate surface area is 81.8 Å². The van der Waals surface area contributed by atoms with Crippen molar-refractivity contribution in [3.05, 3.63) is 36.2 Å². The van der Waals surface area contributed by atoms with E-state index in [1.54, 1.807) is 18.3 Å². The van der Waals surface area contributed by atoms with E-state index in [0.29, 0.717) is 5.82 Å². The molecule has 2 rings (SSSR count). The molecule has 0 atom stereocenters. The van der Waals surface area contributed by atoms with Crippen molar-refractivity contribution in [2.75, 3.05) is 0 Å². The number of aryl methyl sites for hydroxylation is 1. The Hall–Kier alpha value is -1.84. The van der Waals surface area contributed by atoms with E-state index in [1.807, 2.05) is 19.1 Å². The molecule has 0 bridgehead atoms. The highest BCUT2D eigenvalue weighted by Gasteiger charge is 2.06. The highest BCUT2D eigenvalue weighted by atomic mass is 16.3. The summed E-state index contributed by atoms with van der Waals surface area (Å²) in [6, 6.07) is 7.13. The third kappa shape index (κ3) is 1.46. The molecular weight excluding hydrogens is 178 g/mol. The quantitative estimate of drug-likeness (QED) is 0.779. The van der Waals surface area contributed by atoms with Gasteiger partial charge in [0.15, 0.2) is 5.82 Å². The fraction of sp³-hybridized carbons (Fsp3) is 0.200. The van der Waals surface area contributed by atoms with Crippen LogP contribution >= 0.6 is 0 Å². The average molecular weight is 189 g/mol. The number of rotatable bonds is 2. The molecule has 1 N–H and O–H groups in total. The lowest BCUT2D eigenvalue weighted by molar-refractivity contribution is 0.432. The normalized spacial score (nSPS) is 10.4. The zero-order valence-corrected chi connectivity index (χ0v) is 7.88. The molecule has 2 aromatic rings. The molecule has 4 heteroatoms. The Balaban J connectivity index is 2.46. The standard InChI is InChI=1S/C10H11N3O/c1-2-8-7-10(14)13(12-8)9-5-3-4-6-11-9/h3-7,14H,2H2,1H3. The predicted octanol–water partition coefficient (Wildman–Crippen LogP) is 1.54. The van der Waals surface area contributed by atoms with Gasteiger partial charge in [0.1, 0.15) is 0 Å². The first-order valence-corrected chi connectivity index (χ1v) is 4.50. The Morgan fingerprint density at radius 3 is 2.86 bits per heavy atom. The minimum absolute atomic E-state index is 0.126. The van der Waals surface area contributed by atoms with Crippen LogP contribution in [0, 0.1) is 0 Å². The van der Waals surface area contributed by atoms with Gasteiger partial charge in [0, 0.05) is 12.3 Å². The Bertz CT molecular complexity index is 422. The van der Waals surface area contributed by atoms with Crippen molar-refractivity contribution >= 4 is 0 Å². The molecule has 0 aromatic carbocycles. The van der Waals surface area contributed by atoms with Gasteiger partial charge >= 0.3 is 0 Å². The lowest BCUT2D eigenvalue weighted by atomic mass is 10.3. The zero-order chi connectivity index (χ0) is 9.97. The van der Waals surface area contributed by atoms with Crippen molar-refractivity contribution in [2.45, 2.75) is 13.3 Å². The summed E-state index contributed by atoms with van der Waals surface area (Å²) in [4.78, 5) is 4.10. The van der Waals surface area contributed by atoms with Crippen molar-refractivity contribution in [3.63, 3.8) is 0 Å². The van der Waals surface area contributed by atoms with Crippen LogP contribution < -0.4 is 0 Å². The van der Waals surface area contributed by atoms with E-state index in [0.717, 1.165) is 12.1 Å². The molecule has 2 aromatic heterocycles. The SMILES string of the molecule is CCc1cc(O)n(-c2ccccn2)n1. The van der Waals surface area contributed by atoms with E-state index in [9.17, 15) is 5.11 Å². The Morgan fingerprint density at radius 2 is 2.29 bits per heavy atom. The molecule has 0 aliphatic rings. The van der Waals surface area contributed by atoms with Crippen LogP contribution in [0.3, 0.4) is 0 Å². The number of aromatic hydroxyl groups is 1. The Morgan fingerprint density at radius 1 is 1.43 bits per heavy atom. The fourth-order valence-corrected chi connectivity index (χ4v) is 1.24. The van der Waals surface area contributed by atoms with Gasteiger partial charge in [-0.3, -0.25) is 0 Å². The first-order chi connectivity index (χ1) is 6.81. The molecule has 2 heterocycles. The van der Waals surface area contributed by atoms with Gasteiger partial charge in [0.2, 0.25) is 5.88 Å². The van der Waals surface area contributed by atoms with Crippen LogP contribution in [0.2, 0.25) is 0 Å². The van der Waals surface area contributed by atoms with Gasteiger partial charge in [0.25, 0.3) is 0 Å². The molecule has 4 nitrogen and oxygen atoms in total. The molecule has 0 aliphatic heterocycles. The van der Waals surface area contributed by atoms with Crippen molar-refractivity contribution in [1.82, 2.24) is 14.8 Å². The van der Waals surface area contributed by atoms with E-state index in [2.05, 4.69) is 10.1 Å². The number of aromatic nitrogens is 3. The molecular formula is C10H11N3O. The van der Waals surface area contributed by atoms with Crippen LogP contribution in [0.25, 0.3) is 5.82 Å². The second-order valence-corrected chi connectivity index (χ2v) is 2.95. The summed E-state index contributed by atoms with van der Waals surface area (Å²) in [5.41, 5.74) is 0.855. The smallest absolute Gasteiger partial charge is 0.215 e. The second kappa shape index (κ2) is 3.49. The lowest BCUT2D eigenvalue weighted by Crippen LogP contribution is -1.98. The van der Waals surface area contributed by atoms with Crippen LogP contribution in [0.15, 0.2) is 30.5 Å². The summed E-state index contributed by atoms with van der Waals surface area (Å²) >= 11 is 0. The molecule has 0 spiro atoms. The third-order valence-corrected chi connectivity index (χ3v) is 1.97. The summed E-state index contributed by atoms with van der Waals surface area (Å²) in [5.74, 6) is 0.755. The average Bonchev–Trinajstić information content (AvgIpc) is 2.61. The molecule has 0 aliphatic carbocycles. The van der Waals surface area contributed by atoms with Crippen LogP contribution in [0.1, 0.15) is 12.6 Å². The van der Waals surface area contributed by atoms with E-state index >= 15 is 0 Å².